The second-order valence-corrected chi connectivity index (χ2v) is 7.63. The maximum absolute atomic E-state index is 13.0. The summed E-state index contributed by atoms with van der Waals surface area (Å²) in [6, 6.07) is 9.41. The van der Waals surface area contributed by atoms with Crippen molar-refractivity contribution < 1.29 is 14.4 Å². The standard InChI is InChI=1S/C21H20N4O3/c26-19-6-5-18(20(27)23-19)24-9-14-4-3-13(8-16(14)11-24)21(28)25-10-15-2-1-7-22-17(15)12-25/h1-4,7-8,18H,5-6,9-12H2,(H,23,26,27). The summed E-state index contributed by atoms with van der Waals surface area (Å²) in [6.07, 6.45) is 2.67. The zero-order valence-corrected chi connectivity index (χ0v) is 15.4. The molecule has 1 aromatic heterocycles. The molecule has 3 aliphatic heterocycles. The van der Waals surface area contributed by atoms with Gasteiger partial charge in [0.15, 0.2) is 0 Å². The maximum Gasteiger partial charge on any atom is 0.254 e. The molecule has 7 heteroatoms. The van der Waals surface area contributed by atoms with Gasteiger partial charge in [0, 0.05) is 37.8 Å². The molecule has 3 amide bonds. The fourth-order valence-electron chi connectivity index (χ4n) is 4.33. The first-order valence-corrected chi connectivity index (χ1v) is 9.50. The fraction of sp³-hybridized carbons (Fsp3) is 0.333. The van der Waals surface area contributed by atoms with E-state index in [-0.39, 0.29) is 23.8 Å². The van der Waals surface area contributed by atoms with E-state index in [0.29, 0.717) is 44.6 Å². The highest BCUT2D eigenvalue weighted by molar-refractivity contribution is 6.00. The summed E-state index contributed by atoms with van der Waals surface area (Å²) in [5.41, 5.74) is 4.93. The Hall–Kier alpha value is -3.06. The average Bonchev–Trinajstić information content (AvgIpc) is 3.30. The van der Waals surface area contributed by atoms with E-state index in [2.05, 4.69) is 15.2 Å². The highest BCUT2D eigenvalue weighted by atomic mass is 16.2. The van der Waals surface area contributed by atoms with Gasteiger partial charge < -0.3 is 4.90 Å². The molecule has 1 atom stereocenters. The summed E-state index contributed by atoms with van der Waals surface area (Å²) < 4.78 is 0. The van der Waals surface area contributed by atoms with E-state index < -0.39 is 0 Å². The minimum absolute atomic E-state index is 0.000237. The number of nitrogens with zero attached hydrogens (tertiary/aromatic N) is 3. The minimum atomic E-state index is -0.289. The summed E-state index contributed by atoms with van der Waals surface area (Å²) >= 11 is 0. The normalized spacial score (nSPS) is 21.4. The first-order valence-electron chi connectivity index (χ1n) is 9.50. The number of hydrogen-bond acceptors (Lipinski definition) is 5. The van der Waals surface area contributed by atoms with Gasteiger partial charge in [-0.3, -0.25) is 29.6 Å². The third-order valence-electron chi connectivity index (χ3n) is 5.82. The molecule has 0 aliphatic carbocycles. The Bertz CT molecular complexity index is 978. The van der Waals surface area contributed by atoms with Crippen LogP contribution in [-0.4, -0.2) is 38.5 Å². The Labute approximate surface area is 162 Å². The van der Waals surface area contributed by atoms with Crippen molar-refractivity contribution in [3.05, 3.63) is 64.5 Å². The lowest BCUT2D eigenvalue weighted by molar-refractivity contribution is -0.137. The van der Waals surface area contributed by atoms with Gasteiger partial charge in [0.1, 0.15) is 0 Å². The molecule has 4 heterocycles. The molecule has 0 saturated carbocycles. The molecule has 5 rings (SSSR count). The van der Waals surface area contributed by atoms with Gasteiger partial charge in [-0.15, -0.1) is 0 Å². The van der Waals surface area contributed by atoms with E-state index in [0.717, 1.165) is 22.4 Å². The summed E-state index contributed by atoms with van der Waals surface area (Å²) in [7, 11) is 0. The predicted molar refractivity (Wildman–Crippen MR) is 99.7 cm³/mol. The first-order chi connectivity index (χ1) is 13.6. The van der Waals surface area contributed by atoms with Gasteiger partial charge >= 0.3 is 0 Å². The van der Waals surface area contributed by atoms with Crippen molar-refractivity contribution in [1.82, 2.24) is 20.1 Å². The number of piperidine rings is 1. The molecule has 7 nitrogen and oxygen atoms in total. The number of nitrogens with one attached hydrogen (secondary N) is 1. The van der Waals surface area contributed by atoms with Crippen LogP contribution in [0.15, 0.2) is 36.5 Å². The van der Waals surface area contributed by atoms with Crippen LogP contribution in [0.2, 0.25) is 0 Å². The summed E-state index contributed by atoms with van der Waals surface area (Å²) in [4.78, 5) is 44.8. The molecule has 28 heavy (non-hydrogen) atoms. The second-order valence-electron chi connectivity index (χ2n) is 7.63. The lowest BCUT2D eigenvalue weighted by atomic mass is 10.0. The average molecular weight is 376 g/mol. The third-order valence-corrected chi connectivity index (χ3v) is 5.82. The number of rotatable bonds is 2. The topological polar surface area (TPSA) is 82.6 Å². The maximum atomic E-state index is 13.0. The van der Waals surface area contributed by atoms with Gasteiger partial charge in [-0.05, 0) is 41.3 Å². The number of fused-ring (bicyclic) bond motifs is 2. The predicted octanol–water partition coefficient (Wildman–Crippen LogP) is 1.36. The van der Waals surface area contributed by atoms with E-state index in [1.54, 1.807) is 6.20 Å². The molecule has 3 aliphatic rings. The molecule has 142 valence electrons. The first kappa shape index (κ1) is 17.1. The van der Waals surface area contributed by atoms with Crippen LogP contribution in [0.4, 0.5) is 0 Å². The Morgan fingerprint density at radius 1 is 1.04 bits per heavy atom. The molecular weight excluding hydrogens is 356 g/mol. The van der Waals surface area contributed by atoms with Crippen molar-refractivity contribution in [2.75, 3.05) is 0 Å². The van der Waals surface area contributed by atoms with Crippen LogP contribution >= 0.6 is 0 Å². The van der Waals surface area contributed by atoms with Gasteiger partial charge in [0.25, 0.3) is 5.91 Å². The van der Waals surface area contributed by atoms with Gasteiger partial charge in [-0.1, -0.05) is 12.1 Å². The van der Waals surface area contributed by atoms with Crippen molar-refractivity contribution in [2.45, 2.75) is 45.1 Å². The van der Waals surface area contributed by atoms with Crippen LogP contribution < -0.4 is 5.32 Å². The van der Waals surface area contributed by atoms with E-state index in [1.165, 1.54) is 0 Å². The van der Waals surface area contributed by atoms with Crippen LogP contribution in [0, 0.1) is 0 Å². The van der Waals surface area contributed by atoms with Crippen molar-refractivity contribution in [2.24, 2.45) is 0 Å². The van der Waals surface area contributed by atoms with E-state index in [1.807, 2.05) is 35.2 Å². The highest BCUT2D eigenvalue weighted by Crippen LogP contribution is 2.29. The molecule has 1 aromatic carbocycles. The Balaban J connectivity index is 1.31. The zero-order valence-electron chi connectivity index (χ0n) is 15.4. The van der Waals surface area contributed by atoms with Crippen LogP contribution in [-0.2, 0) is 35.8 Å². The number of amides is 3. The Morgan fingerprint density at radius 2 is 1.89 bits per heavy atom. The molecular formula is C21H20N4O3. The van der Waals surface area contributed by atoms with Crippen molar-refractivity contribution in [3.63, 3.8) is 0 Å². The quantitative estimate of drug-likeness (QED) is 0.801. The van der Waals surface area contributed by atoms with Crippen molar-refractivity contribution in [1.29, 1.82) is 0 Å². The van der Waals surface area contributed by atoms with Crippen LogP contribution in [0.3, 0.4) is 0 Å². The number of carbonyl (C=O) groups is 3. The van der Waals surface area contributed by atoms with Crippen molar-refractivity contribution >= 4 is 17.7 Å². The summed E-state index contributed by atoms with van der Waals surface area (Å²) in [5, 5.41) is 2.42. The Morgan fingerprint density at radius 3 is 2.71 bits per heavy atom. The van der Waals surface area contributed by atoms with Crippen LogP contribution in [0.25, 0.3) is 0 Å². The number of pyridine rings is 1. The highest BCUT2D eigenvalue weighted by Gasteiger charge is 2.35. The largest absolute Gasteiger partial charge is 0.328 e. The molecule has 0 radical (unpaired) electrons. The van der Waals surface area contributed by atoms with Crippen molar-refractivity contribution in [3.8, 4) is 0 Å². The monoisotopic (exact) mass is 376 g/mol. The van der Waals surface area contributed by atoms with E-state index >= 15 is 0 Å². The number of carbonyl (C=O) groups excluding carboxylic acids is 3. The third kappa shape index (κ3) is 2.88. The number of aromatic nitrogens is 1. The molecule has 1 unspecified atom stereocenters. The number of imide groups is 1. The smallest absolute Gasteiger partial charge is 0.254 e. The Kier molecular flexibility index (Phi) is 3.98. The lowest BCUT2D eigenvalue weighted by Crippen LogP contribution is -2.50. The summed E-state index contributed by atoms with van der Waals surface area (Å²) in [5.74, 6) is -0.421. The summed E-state index contributed by atoms with van der Waals surface area (Å²) in [6.45, 7) is 2.40. The van der Waals surface area contributed by atoms with Crippen LogP contribution in [0.1, 0.15) is 45.6 Å². The fourth-order valence-corrected chi connectivity index (χ4v) is 4.33. The van der Waals surface area contributed by atoms with Gasteiger partial charge in [-0.25, -0.2) is 0 Å². The van der Waals surface area contributed by atoms with Gasteiger partial charge in [0.05, 0.1) is 18.3 Å². The van der Waals surface area contributed by atoms with E-state index in [9.17, 15) is 14.4 Å². The number of benzene rings is 1. The lowest BCUT2D eigenvalue weighted by Gasteiger charge is -2.29. The van der Waals surface area contributed by atoms with Gasteiger partial charge in [0.2, 0.25) is 11.8 Å². The SMILES string of the molecule is O=C1CCC(N2Cc3ccc(C(=O)N4Cc5cccnc5C4)cc3C2)C(=O)N1. The number of hydrogen-bond donors (Lipinski definition) is 1. The molecule has 0 bridgehead atoms. The molecule has 1 N–H and O–H groups in total. The second kappa shape index (κ2) is 6.53. The van der Waals surface area contributed by atoms with Crippen LogP contribution in [0.5, 0.6) is 0 Å². The molecule has 1 fully saturated rings. The molecule has 0 spiro atoms. The molecule has 1 saturated heterocycles. The minimum Gasteiger partial charge on any atom is -0.328 e. The van der Waals surface area contributed by atoms with E-state index in [4.69, 9.17) is 0 Å². The zero-order chi connectivity index (χ0) is 19.3. The molecule has 2 aromatic rings. The van der Waals surface area contributed by atoms with Gasteiger partial charge in [-0.2, -0.15) is 0 Å².